The van der Waals surface area contributed by atoms with Crippen LogP contribution in [0.4, 0.5) is 0 Å². The molecule has 0 bridgehead atoms. The monoisotopic (exact) mass is 533 g/mol. The van der Waals surface area contributed by atoms with Gasteiger partial charge in [0, 0.05) is 39.9 Å². The third kappa shape index (κ3) is 6.88. The number of ether oxygens (including phenoxy) is 1. The Morgan fingerprint density at radius 1 is 1.14 bits per heavy atom. The van der Waals surface area contributed by atoms with E-state index in [1.54, 1.807) is 0 Å². The standard InChI is InChI=1S/C27H51N7O2Si/c1-6-7-12-31-17-22(25(28)29)18-32(19-31)23-8-10-27(11-9-23)15-24(16-27)34-21(2)30-33(26(34)35)20-36-13-14-37(3,4)5/h23-24H,6-20,28-29H2,1-5H3. The first-order valence-electron chi connectivity index (χ1n) is 14.4. The first kappa shape index (κ1) is 28.4. The maximum Gasteiger partial charge on any atom is 0.348 e. The molecule has 2 saturated carbocycles. The number of nitrogens with zero attached hydrogens (tertiary/aromatic N) is 5. The van der Waals surface area contributed by atoms with Crippen LogP contribution in [0.15, 0.2) is 16.2 Å². The number of hydrogen-bond acceptors (Lipinski definition) is 7. The van der Waals surface area contributed by atoms with Crippen molar-refractivity contribution in [2.75, 3.05) is 32.9 Å². The molecule has 210 valence electrons. The van der Waals surface area contributed by atoms with Gasteiger partial charge in [0.1, 0.15) is 12.6 Å². The van der Waals surface area contributed by atoms with Gasteiger partial charge in [0.15, 0.2) is 0 Å². The van der Waals surface area contributed by atoms with Crippen molar-refractivity contribution in [1.29, 1.82) is 0 Å². The zero-order valence-electron chi connectivity index (χ0n) is 24.0. The van der Waals surface area contributed by atoms with Crippen molar-refractivity contribution in [3.05, 3.63) is 27.7 Å². The van der Waals surface area contributed by atoms with Crippen molar-refractivity contribution in [2.24, 2.45) is 16.9 Å². The molecule has 2 heterocycles. The van der Waals surface area contributed by atoms with Crippen LogP contribution in [0.5, 0.6) is 0 Å². The van der Waals surface area contributed by atoms with E-state index in [0.717, 1.165) is 51.0 Å². The highest BCUT2D eigenvalue weighted by molar-refractivity contribution is 6.76. The molecule has 1 aromatic rings. The molecule has 3 fully saturated rings. The first-order valence-corrected chi connectivity index (χ1v) is 18.1. The SMILES string of the molecule is CCCCN1CC(=C(N)N)CN(C2CCC3(CC2)CC(n2c(C)nn(COCC[Si](C)(C)C)c2=O)C3)C1. The molecule has 2 aliphatic carbocycles. The minimum absolute atomic E-state index is 0.0155. The molecule has 1 spiro atoms. The van der Waals surface area contributed by atoms with Crippen LogP contribution in [-0.2, 0) is 11.5 Å². The highest BCUT2D eigenvalue weighted by Gasteiger charge is 2.48. The Kier molecular flexibility index (Phi) is 8.92. The summed E-state index contributed by atoms with van der Waals surface area (Å²) in [5.74, 6) is 1.31. The van der Waals surface area contributed by atoms with E-state index in [-0.39, 0.29) is 18.5 Å². The largest absolute Gasteiger partial charge is 0.386 e. The average molecular weight is 534 g/mol. The number of unbranched alkanes of at least 4 members (excludes halogenated alkanes) is 1. The Labute approximate surface area is 224 Å². The third-order valence-corrected chi connectivity index (χ3v) is 10.6. The minimum atomic E-state index is -1.14. The van der Waals surface area contributed by atoms with E-state index in [1.807, 2.05) is 11.5 Å². The number of hydrogen-bond donors (Lipinski definition) is 2. The summed E-state index contributed by atoms with van der Waals surface area (Å²) in [7, 11) is -1.14. The van der Waals surface area contributed by atoms with Crippen LogP contribution in [0.3, 0.4) is 0 Å². The van der Waals surface area contributed by atoms with Crippen LogP contribution < -0.4 is 17.2 Å². The van der Waals surface area contributed by atoms with Crippen molar-refractivity contribution in [1.82, 2.24) is 24.1 Å². The maximum absolute atomic E-state index is 13.1. The van der Waals surface area contributed by atoms with Gasteiger partial charge >= 0.3 is 5.69 Å². The minimum Gasteiger partial charge on any atom is -0.386 e. The fourth-order valence-corrected chi connectivity index (χ4v) is 7.31. The van der Waals surface area contributed by atoms with Crippen molar-refractivity contribution < 1.29 is 4.74 Å². The summed E-state index contributed by atoms with van der Waals surface area (Å²) >= 11 is 0. The molecule has 0 unspecified atom stereocenters. The first-order chi connectivity index (χ1) is 17.5. The Balaban J connectivity index is 1.30. The Morgan fingerprint density at radius 2 is 1.84 bits per heavy atom. The van der Waals surface area contributed by atoms with Crippen LogP contribution >= 0.6 is 0 Å². The van der Waals surface area contributed by atoms with E-state index in [4.69, 9.17) is 16.2 Å². The molecule has 10 heteroatoms. The van der Waals surface area contributed by atoms with E-state index >= 15 is 0 Å². The van der Waals surface area contributed by atoms with Gasteiger partial charge in [0.25, 0.3) is 0 Å². The molecule has 4 rings (SSSR count). The molecule has 0 radical (unpaired) electrons. The number of rotatable bonds is 10. The lowest BCUT2D eigenvalue weighted by Crippen LogP contribution is -2.54. The van der Waals surface area contributed by atoms with E-state index in [0.29, 0.717) is 23.9 Å². The highest BCUT2D eigenvalue weighted by atomic mass is 28.3. The molecule has 9 nitrogen and oxygen atoms in total. The van der Waals surface area contributed by atoms with Crippen molar-refractivity contribution >= 4 is 8.07 Å². The summed E-state index contributed by atoms with van der Waals surface area (Å²) < 4.78 is 9.24. The lowest BCUT2D eigenvalue weighted by molar-refractivity contribution is -0.0222. The van der Waals surface area contributed by atoms with Crippen LogP contribution in [0.25, 0.3) is 0 Å². The van der Waals surface area contributed by atoms with Gasteiger partial charge < -0.3 is 16.2 Å². The lowest BCUT2D eigenvalue weighted by atomic mass is 9.57. The van der Waals surface area contributed by atoms with E-state index in [2.05, 4.69) is 41.5 Å². The van der Waals surface area contributed by atoms with Gasteiger partial charge in [-0.3, -0.25) is 14.4 Å². The van der Waals surface area contributed by atoms with Crippen LogP contribution in [0, 0.1) is 12.3 Å². The fraction of sp³-hybridized carbons (Fsp3) is 0.852. The lowest BCUT2D eigenvalue weighted by Gasteiger charge is -2.53. The summed E-state index contributed by atoms with van der Waals surface area (Å²) in [4.78, 5) is 18.2. The van der Waals surface area contributed by atoms with Gasteiger partial charge in [-0.1, -0.05) is 33.0 Å². The second-order valence-electron chi connectivity index (χ2n) is 13.2. The molecular weight excluding hydrogens is 482 g/mol. The molecule has 37 heavy (non-hydrogen) atoms. The van der Waals surface area contributed by atoms with Crippen LogP contribution in [0.1, 0.15) is 70.2 Å². The predicted molar refractivity (Wildman–Crippen MR) is 152 cm³/mol. The van der Waals surface area contributed by atoms with Gasteiger partial charge in [-0.15, -0.1) is 0 Å². The quantitative estimate of drug-likeness (QED) is 0.350. The maximum atomic E-state index is 13.1. The van der Waals surface area contributed by atoms with Crippen molar-refractivity contribution in [2.45, 2.75) is 110 Å². The van der Waals surface area contributed by atoms with Gasteiger partial charge in [-0.25, -0.2) is 4.79 Å². The average Bonchev–Trinajstić information content (AvgIpc) is 3.10. The summed E-state index contributed by atoms with van der Waals surface area (Å²) in [6, 6.07) is 1.95. The normalized spacial score (nSPS) is 27.5. The van der Waals surface area contributed by atoms with Crippen LogP contribution in [-0.4, -0.2) is 71.2 Å². The highest BCUT2D eigenvalue weighted by Crippen LogP contribution is 2.57. The Morgan fingerprint density at radius 3 is 2.46 bits per heavy atom. The fourth-order valence-electron chi connectivity index (χ4n) is 6.55. The van der Waals surface area contributed by atoms with Gasteiger partial charge in [0.2, 0.25) is 0 Å². The molecule has 0 aromatic carbocycles. The van der Waals surface area contributed by atoms with Gasteiger partial charge in [0.05, 0.1) is 12.5 Å². The molecular formula is C27H51N7O2Si. The van der Waals surface area contributed by atoms with Gasteiger partial charge in [-0.05, 0) is 75.4 Å². The van der Waals surface area contributed by atoms with Crippen LogP contribution in [0.2, 0.25) is 25.7 Å². The Bertz CT molecular complexity index is 991. The number of nitrogens with two attached hydrogens (primary N) is 2. The smallest absolute Gasteiger partial charge is 0.348 e. The zero-order chi connectivity index (χ0) is 26.8. The summed E-state index contributed by atoms with van der Waals surface area (Å²) in [6.45, 7) is 16.1. The van der Waals surface area contributed by atoms with Crippen molar-refractivity contribution in [3.8, 4) is 0 Å². The topological polar surface area (TPSA) is 108 Å². The van der Waals surface area contributed by atoms with Crippen molar-refractivity contribution in [3.63, 3.8) is 0 Å². The predicted octanol–water partition coefficient (Wildman–Crippen LogP) is 3.43. The van der Waals surface area contributed by atoms with Gasteiger partial charge in [-0.2, -0.15) is 9.78 Å². The molecule has 1 aromatic heterocycles. The van der Waals surface area contributed by atoms with E-state index in [9.17, 15) is 4.79 Å². The van der Waals surface area contributed by atoms with E-state index < -0.39 is 8.07 Å². The summed E-state index contributed by atoms with van der Waals surface area (Å²) in [6.07, 6.45) is 9.48. The molecule has 4 N–H and O–H groups in total. The zero-order valence-corrected chi connectivity index (χ0v) is 25.0. The molecule has 0 atom stereocenters. The number of aromatic nitrogens is 3. The third-order valence-electron chi connectivity index (χ3n) is 8.91. The summed E-state index contributed by atoms with van der Waals surface area (Å²) in [5, 5.41) is 4.52. The number of aryl methyl sites for hydroxylation is 1. The molecule has 1 saturated heterocycles. The molecule has 0 amide bonds. The summed E-state index contributed by atoms with van der Waals surface area (Å²) in [5.41, 5.74) is 13.6. The second-order valence-corrected chi connectivity index (χ2v) is 18.8. The molecule has 1 aliphatic heterocycles. The van der Waals surface area contributed by atoms with E-state index in [1.165, 1.54) is 48.8 Å². The Hall–Kier alpha value is -1.62. The molecule has 3 aliphatic rings. The second kappa shape index (κ2) is 11.6.